The number of nitrogens with zero attached hydrogens (tertiary/aromatic N) is 2. The number of aromatic nitrogens is 2. The molecule has 0 aliphatic rings. The summed E-state index contributed by atoms with van der Waals surface area (Å²) in [5.74, 6) is -6.01. The quantitative estimate of drug-likeness (QED) is 0.103. The van der Waals surface area contributed by atoms with Crippen molar-refractivity contribution in [2.75, 3.05) is 0 Å². The molecule has 2 aromatic heterocycles. The molecular weight excluding hydrogens is 598 g/mol. The zero-order valence-electron chi connectivity index (χ0n) is 23.9. The third-order valence-corrected chi connectivity index (χ3v) is 5.93. The van der Waals surface area contributed by atoms with Crippen LogP contribution >= 0.6 is 0 Å². The van der Waals surface area contributed by atoms with Crippen LogP contribution in [0.5, 0.6) is 0 Å². The third-order valence-electron chi connectivity index (χ3n) is 5.93. The Hall–Kier alpha value is -4.01. The van der Waals surface area contributed by atoms with Crippen LogP contribution in [0.3, 0.4) is 0 Å². The summed E-state index contributed by atoms with van der Waals surface area (Å²) in [5.41, 5.74) is 2.12. The van der Waals surface area contributed by atoms with Gasteiger partial charge in [0, 0.05) is 69.1 Å². The summed E-state index contributed by atoms with van der Waals surface area (Å²) in [6, 6.07) is 31.8. The molecule has 220 valence electrons. The molecule has 0 unspecified atom stereocenters. The molecule has 0 aliphatic carbocycles. The fourth-order valence-electron chi connectivity index (χ4n) is 4.06. The van der Waals surface area contributed by atoms with E-state index in [1.54, 1.807) is 52.0 Å². The van der Waals surface area contributed by atoms with Crippen LogP contribution in [0.2, 0.25) is 0 Å². The summed E-state index contributed by atoms with van der Waals surface area (Å²) in [6.45, 7) is 6.87. The molecule has 43 heavy (non-hydrogen) atoms. The molecule has 2 nitrogen and oxygen atoms in total. The van der Waals surface area contributed by atoms with E-state index < -0.39 is 34.9 Å². The Bertz CT molecular complexity index is 1440. The molecule has 6 rings (SSSR count). The van der Waals surface area contributed by atoms with Crippen LogP contribution in [0.25, 0.3) is 11.4 Å². The molecule has 0 radical (unpaired) electrons. The molecule has 0 amide bonds. The molecule has 6 aromatic rings. The van der Waals surface area contributed by atoms with E-state index >= 15 is 0 Å². The predicted octanol–water partition coefficient (Wildman–Crippen LogP) is 9.43. The molecule has 0 spiro atoms. The molecule has 0 saturated heterocycles. The first kappa shape index (κ1) is 35.2. The Kier molecular flexibility index (Phi) is 13.6. The Balaban J connectivity index is 0.000000223. The van der Waals surface area contributed by atoms with Crippen molar-refractivity contribution in [3.8, 4) is 11.4 Å². The number of hydrogen-bond donors (Lipinski definition) is 0. The number of hydrogen-bond acceptors (Lipinski definition) is 0. The van der Waals surface area contributed by atoms with Crippen LogP contribution in [0, 0.1) is 74.7 Å². The Morgan fingerprint density at radius 2 is 0.791 bits per heavy atom. The van der Waals surface area contributed by atoms with Gasteiger partial charge in [0.2, 0.25) is 0 Å². The number of rotatable bonds is 2. The first-order valence-electron chi connectivity index (χ1n) is 12.8. The summed E-state index contributed by atoms with van der Waals surface area (Å²) in [4.78, 5) is 0. The van der Waals surface area contributed by atoms with Crippen molar-refractivity contribution in [1.29, 1.82) is 0 Å². The van der Waals surface area contributed by atoms with Crippen LogP contribution in [-0.2, 0) is 21.7 Å². The van der Waals surface area contributed by atoms with Gasteiger partial charge in [-0.05, 0) is 52.0 Å². The minimum absolute atomic E-state index is 0. The largest absolute Gasteiger partial charge is 4.00 e. The summed E-state index contributed by atoms with van der Waals surface area (Å²) in [6.07, 6.45) is 0. The van der Waals surface area contributed by atoms with Gasteiger partial charge in [-0.25, -0.2) is 50.6 Å². The van der Waals surface area contributed by atoms with Gasteiger partial charge in [0.05, 0.1) is 0 Å². The maximum absolute atomic E-state index is 13.5. The Morgan fingerprint density at radius 3 is 1.00 bits per heavy atom. The van der Waals surface area contributed by atoms with Crippen molar-refractivity contribution in [2.45, 2.75) is 27.7 Å². The van der Waals surface area contributed by atoms with E-state index in [2.05, 4.69) is 0 Å². The molecule has 2 heterocycles. The minimum Gasteiger partial charge on any atom is -0.367 e. The van der Waals surface area contributed by atoms with Crippen molar-refractivity contribution in [3.63, 3.8) is 0 Å². The van der Waals surface area contributed by atoms with Crippen LogP contribution in [0.4, 0.5) is 26.3 Å². The summed E-state index contributed by atoms with van der Waals surface area (Å²) < 4.78 is 82.2. The zero-order valence-corrected chi connectivity index (χ0v) is 25.5. The fraction of sp³-hybridized carbons (Fsp3) is 0.118. The van der Waals surface area contributed by atoms with Crippen molar-refractivity contribution < 1.29 is 48.1 Å². The second kappa shape index (κ2) is 16.6. The van der Waals surface area contributed by atoms with Crippen LogP contribution in [0.15, 0.2) is 97.1 Å². The molecule has 0 N–H and O–H groups in total. The second-order valence-electron chi connectivity index (χ2n) is 9.08. The third kappa shape index (κ3) is 9.50. The van der Waals surface area contributed by atoms with Gasteiger partial charge in [-0.15, -0.1) is 12.1 Å². The SMILES string of the molecule is Cc1ccc(C)n1-c1c(F)[c-]c(F)cc1F.Cc1ccc(C)n1-c1c(F)[c-]c(F)cc1F.[Ti+4].c1cc[cH-]c1.c1cc[cH-]c1. The molecule has 0 saturated carbocycles. The number of aryl methyl sites for hydroxylation is 4. The van der Waals surface area contributed by atoms with Crippen LogP contribution in [0.1, 0.15) is 22.8 Å². The maximum atomic E-state index is 13.5. The minimum atomic E-state index is -1.04. The molecule has 0 bridgehead atoms. The first-order valence-corrected chi connectivity index (χ1v) is 12.8. The predicted molar refractivity (Wildman–Crippen MR) is 152 cm³/mol. The van der Waals surface area contributed by atoms with Crippen LogP contribution in [-0.4, -0.2) is 9.13 Å². The monoisotopic (exact) mass is 626 g/mol. The molecule has 0 fully saturated rings. The van der Waals surface area contributed by atoms with E-state index in [0.717, 1.165) is 0 Å². The van der Waals surface area contributed by atoms with Gasteiger partial charge < -0.3 is 9.13 Å². The number of halogens is 6. The van der Waals surface area contributed by atoms with E-state index in [9.17, 15) is 26.3 Å². The molecule has 4 aromatic carbocycles. The summed E-state index contributed by atoms with van der Waals surface area (Å²) in [7, 11) is 0. The topological polar surface area (TPSA) is 9.86 Å². The van der Waals surface area contributed by atoms with Gasteiger partial charge >= 0.3 is 21.7 Å². The van der Waals surface area contributed by atoms with E-state index in [0.29, 0.717) is 34.9 Å². The van der Waals surface area contributed by atoms with E-state index in [-0.39, 0.29) is 33.1 Å². The summed E-state index contributed by atoms with van der Waals surface area (Å²) in [5, 5.41) is 0. The normalized spacial score (nSPS) is 9.91. The average molecular weight is 626 g/mol. The molecule has 0 aliphatic heterocycles. The van der Waals surface area contributed by atoms with Crippen molar-refractivity contribution in [3.05, 3.63) is 167 Å². The van der Waals surface area contributed by atoms with Crippen molar-refractivity contribution in [1.82, 2.24) is 9.13 Å². The van der Waals surface area contributed by atoms with Gasteiger partial charge in [-0.3, -0.25) is 0 Å². The standard InChI is InChI=1S/2C12H9F3N.2C5H5.Ti/c2*1-7-3-4-8(2)16(7)12-10(14)5-9(13)6-11(12)15;2*1-2-4-5-3-1;/h2*3-5H,1-2H3;2*1-5H;/q4*-1;+4. The van der Waals surface area contributed by atoms with E-state index in [1.807, 2.05) is 72.8 Å². The van der Waals surface area contributed by atoms with Crippen molar-refractivity contribution >= 4 is 0 Å². The average Bonchev–Trinajstić information content (AvgIpc) is 3.74. The van der Waals surface area contributed by atoms with Gasteiger partial charge in [0.25, 0.3) is 0 Å². The molecule has 0 atom stereocenters. The van der Waals surface area contributed by atoms with Gasteiger partial charge in [-0.2, -0.15) is 36.4 Å². The smallest absolute Gasteiger partial charge is 0.367 e. The first-order chi connectivity index (χ1) is 20.0. The Morgan fingerprint density at radius 1 is 0.512 bits per heavy atom. The van der Waals surface area contributed by atoms with Gasteiger partial charge in [-0.1, -0.05) is 12.1 Å². The zero-order chi connectivity index (χ0) is 30.8. The van der Waals surface area contributed by atoms with E-state index in [1.165, 1.54) is 9.13 Å². The molecule has 9 heteroatoms. The second-order valence-corrected chi connectivity index (χ2v) is 9.08. The maximum Gasteiger partial charge on any atom is 4.00 e. The van der Waals surface area contributed by atoms with Gasteiger partial charge in [0.1, 0.15) is 0 Å². The molecular formula is C34H28F6N2Ti. The summed E-state index contributed by atoms with van der Waals surface area (Å²) >= 11 is 0. The van der Waals surface area contributed by atoms with E-state index in [4.69, 9.17) is 0 Å². The Labute approximate surface area is 262 Å². The van der Waals surface area contributed by atoms with Crippen molar-refractivity contribution in [2.24, 2.45) is 0 Å². The van der Waals surface area contributed by atoms with Gasteiger partial charge in [0.15, 0.2) is 0 Å². The fourth-order valence-corrected chi connectivity index (χ4v) is 4.06. The number of benzene rings is 2. The van der Waals surface area contributed by atoms with Crippen LogP contribution < -0.4 is 0 Å².